The summed E-state index contributed by atoms with van der Waals surface area (Å²) in [7, 11) is 2.04. The molecule has 3 nitrogen and oxygen atoms in total. The van der Waals surface area contributed by atoms with Crippen LogP contribution in [0.4, 0.5) is 0 Å². The third-order valence-electron chi connectivity index (χ3n) is 2.57. The Morgan fingerprint density at radius 3 is 2.73 bits per heavy atom. The Kier molecular flexibility index (Phi) is 3.63. The zero-order valence-electron chi connectivity index (χ0n) is 9.16. The van der Waals surface area contributed by atoms with Gasteiger partial charge < -0.3 is 10.3 Å². The molecule has 0 aromatic carbocycles. The summed E-state index contributed by atoms with van der Waals surface area (Å²) in [6.07, 6.45) is 4.48. The largest absolute Gasteiger partial charge is 0.410 e. The molecule has 0 saturated carbocycles. The third kappa shape index (κ3) is 2.86. The maximum Gasteiger partial charge on any atom is 0.175 e. The fourth-order valence-electron chi connectivity index (χ4n) is 1.78. The van der Waals surface area contributed by atoms with Gasteiger partial charge in [0.1, 0.15) is 7.85 Å². The molecule has 0 bridgehead atoms. The van der Waals surface area contributed by atoms with E-state index in [2.05, 4.69) is 5.16 Å². The Hall–Kier alpha value is -0.735. The highest BCUT2D eigenvalue weighted by molar-refractivity contribution is 6.69. The van der Waals surface area contributed by atoms with E-state index in [1.165, 1.54) is 0 Å². The molecule has 2 N–H and O–H groups in total. The van der Waals surface area contributed by atoms with Crippen molar-refractivity contribution in [3.8, 4) is 0 Å². The van der Waals surface area contributed by atoms with Crippen molar-refractivity contribution in [2.45, 2.75) is 31.7 Å². The van der Waals surface area contributed by atoms with Gasteiger partial charge in [0, 0.05) is 5.57 Å². The number of halogens is 1. The first-order valence-electron chi connectivity index (χ1n) is 4.88. The van der Waals surface area contributed by atoms with Crippen molar-refractivity contribution in [3.05, 3.63) is 23.3 Å². The molecule has 5 heteroatoms. The second-order valence-electron chi connectivity index (χ2n) is 4.35. The number of hydrogen-bond donors (Lipinski definition) is 2. The molecular weight excluding hydrogens is 212 g/mol. The summed E-state index contributed by atoms with van der Waals surface area (Å²) in [5, 5.41) is 21.5. The molecule has 0 aliphatic heterocycles. The van der Waals surface area contributed by atoms with Crippen LogP contribution in [0.1, 0.15) is 20.3 Å². The Morgan fingerprint density at radius 1 is 1.67 bits per heavy atom. The minimum atomic E-state index is -0.869. The van der Waals surface area contributed by atoms with Crippen LogP contribution < -0.4 is 0 Å². The highest BCUT2D eigenvalue weighted by Crippen LogP contribution is 2.34. The summed E-state index contributed by atoms with van der Waals surface area (Å²) in [6, 6.07) is 0. The summed E-state index contributed by atoms with van der Waals surface area (Å²) >= 11 is 5.71. The number of hydrogen-bond acceptors (Lipinski definition) is 3. The van der Waals surface area contributed by atoms with Crippen molar-refractivity contribution in [3.63, 3.8) is 0 Å². The molecule has 1 unspecified atom stereocenters. The molecule has 82 valence electrons. The van der Waals surface area contributed by atoms with E-state index in [0.29, 0.717) is 5.57 Å². The SMILES string of the molecule is BC1CC=C(/C(Cl)=N\O)C=C1C(C)(C)O. The van der Waals surface area contributed by atoms with Crippen molar-refractivity contribution in [2.24, 2.45) is 5.16 Å². The quantitative estimate of drug-likeness (QED) is 0.325. The summed E-state index contributed by atoms with van der Waals surface area (Å²) in [4.78, 5) is 0. The van der Waals surface area contributed by atoms with Crippen molar-refractivity contribution >= 4 is 24.6 Å². The molecule has 0 aromatic heterocycles. The monoisotopic (exact) mass is 227 g/mol. The van der Waals surface area contributed by atoms with E-state index in [1.807, 2.05) is 13.9 Å². The van der Waals surface area contributed by atoms with Gasteiger partial charge in [-0.1, -0.05) is 28.9 Å². The number of nitrogens with zero attached hydrogens (tertiary/aromatic N) is 1. The standard InChI is InChI=1S/C10H15BClNO2/c1-10(2,14)7-5-6(9(12)13-15)3-4-8(7)11/h3,5,8,14-15H,4,11H2,1-2H3/b13-9+. The average Bonchev–Trinajstić information content (AvgIpc) is 2.15. The van der Waals surface area contributed by atoms with E-state index in [-0.39, 0.29) is 11.0 Å². The zero-order valence-corrected chi connectivity index (χ0v) is 9.91. The fraction of sp³-hybridized carbons (Fsp3) is 0.500. The van der Waals surface area contributed by atoms with Crippen molar-refractivity contribution in [1.29, 1.82) is 0 Å². The van der Waals surface area contributed by atoms with Crippen LogP contribution in [0.5, 0.6) is 0 Å². The Balaban J connectivity index is 3.05. The van der Waals surface area contributed by atoms with E-state index in [4.69, 9.17) is 16.8 Å². The maximum absolute atomic E-state index is 9.94. The molecule has 0 heterocycles. The number of rotatable bonds is 2. The lowest BCUT2D eigenvalue weighted by molar-refractivity contribution is 0.116. The van der Waals surface area contributed by atoms with Crippen molar-refractivity contribution in [2.75, 3.05) is 0 Å². The van der Waals surface area contributed by atoms with Crippen molar-refractivity contribution in [1.82, 2.24) is 0 Å². The molecule has 0 spiro atoms. The van der Waals surface area contributed by atoms with Crippen molar-refractivity contribution < 1.29 is 10.3 Å². The molecule has 1 rings (SSSR count). The Labute approximate surface area is 95.5 Å². The first kappa shape index (κ1) is 12.3. The van der Waals surface area contributed by atoms with E-state index in [9.17, 15) is 5.11 Å². The topological polar surface area (TPSA) is 52.8 Å². The van der Waals surface area contributed by atoms with Crippen LogP contribution in [0.25, 0.3) is 0 Å². The maximum atomic E-state index is 9.94. The Morgan fingerprint density at radius 2 is 2.27 bits per heavy atom. The third-order valence-corrected chi connectivity index (χ3v) is 2.86. The molecule has 0 aromatic rings. The van der Waals surface area contributed by atoms with Gasteiger partial charge in [0.25, 0.3) is 0 Å². The van der Waals surface area contributed by atoms with Gasteiger partial charge in [0.05, 0.1) is 5.60 Å². The molecular formula is C10H15BClNO2. The first-order chi connectivity index (χ1) is 6.86. The smallest absolute Gasteiger partial charge is 0.175 e. The number of allylic oxidation sites excluding steroid dienone is 3. The molecule has 1 aliphatic rings. The lowest BCUT2D eigenvalue weighted by Gasteiger charge is -2.29. The van der Waals surface area contributed by atoms with Crippen LogP contribution in [-0.4, -0.2) is 28.9 Å². The molecule has 0 radical (unpaired) electrons. The van der Waals surface area contributed by atoms with Crippen LogP contribution in [0, 0.1) is 0 Å². The van der Waals surface area contributed by atoms with E-state index >= 15 is 0 Å². The molecule has 15 heavy (non-hydrogen) atoms. The summed E-state index contributed by atoms with van der Waals surface area (Å²) < 4.78 is 0. The fourth-order valence-corrected chi connectivity index (χ4v) is 1.91. The van der Waals surface area contributed by atoms with Gasteiger partial charge in [-0.05, 0) is 31.7 Å². The summed E-state index contributed by atoms with van der Waals surface area (Å²) in [5.74, 6) is 0.275. The van der Waals surface area contributed by atoms with Crippen LogP contribution in [0.3, 0.4) is 0 Å². The predicted octanol–water partition coefficient (Wildman–Crippen LogP) is 1.46. The molecule has 0 fully saturated rings. The normalized spacial score (nSPS) is 23.5. The van der Waals surface area contributed by atoms with Gasteiger partial charge in [-0.15, -0.1) is 0 Å². The van der Waals surface area contributed by atoms with E-state index in [1.54, 1.807) is 19.9 Å². The molecule has 0 amide bonds. The highest BCUT2D eigenvalue weighted by atomic mass is 35.5. The summed E-state index contributed by atoms with van der Waals surface area (Å²) in [5.41, 5.74) is 0.696. The second-order valence-corrected chi connectivity index (χ2v) is 4.70. The van der Waals surface area contributed by atoms with Crippen LogP contribution in [-0.2, 0) is 0 Å². The first-order valence-corrected chi connectivity index (χ1v) is 5.26. The van der Waals surface area contributed by atoms with E-state index in [0.717, 1.165) is 12.0 Å². The highest BCUT2D eigenvalue weighted by Gasteiger charge is 2.26. The van der Waals surface area contributed by atoms with E-state index < -0.39 is 5.60 Å². The average molecular weight is 228 g/mol. The molecule has 1 aliphatic carbocycles. The minimum Gasteiger partial charge on any atom is -0.410 e. The van der Waals surface area contributed by atoms with Gasteiger partial charge >= 0.3 is 0 Å². The minimum absolute atomic E-state index is 0.0589. The van der Waals surface area contributed by atoms with Crippen LogP contribution in [0.15, 0.2) is 28.5 Å². The van der Waals surface area contributed by atoms with Gasteiger partial charge in [0.15, 0.2) is 5.17 Å². The van der Waals surface area contributed by atoms with Gasteiger partial charge in [-0.2, -0.15) is 0 Å². The Bertz CT molecular complexity index is 342. The lowest BCUT2D eigenvalue weighted by Crippen LogP contribution is -2.27. The number of aliphatic hydroxyl groups is 1. The zero-order chi connectivity index (χ0) is 11.6. The molecule has 1 atom stereocenters. The number of oxime groups is 1. The lowest BCUT2D eigenvalue weighted by atomic mass is 9.69. The predicted molar refractivity (Wildman–Crippen MR) is 64.4 cm³/mol. The van der Waals surface area contributed by atoms with Crippen LogP contribution >= 0.6 is 11.6 Å². The van der Waals surface area contributed by atoms with Gasteiger partial charge in [-0.3, -0.25) is 0 Å². The van der Waals surface area contributed by atoms with Gasteiger partial charge in [-0.25, -0.2) is 0 Å². The van der Waals surface area contributed by atoms with Crippen LogP contribution in [0.2, 0.25) is 5.82 Å². The summed E-state index contributed by atoms with van der Waals surface area (Å²) in [6.45, 7) is 3.48. The second kappa shape index (κ2) is 4.41. The molecule has 0 saturated heterocycles. The van der Waals surface area contributed by atoms with Gasteiger partial charge in [0.2, 0.25) is 0 Å².